The third kappa shape index (κ3) is 5.47. The number of hydrogen-bond donors (Lipinski definition) is 3. The van der Waals surface area contributed by atoms with E-state index >= 15 is 0 Å². The molecule has 0 aliphatic heterocycles. The zero-order valence-electron chi connectivity index (χ0n) is 9.98. The number of nitrogens with one attached hydrogen (secondary N) is 1. The monoisotopic (exact) mass is 236 g/mol. The van der Waals surface area contributed by atoms with Crippen molar-refractivity contribution in [3.8, 4) is 0 Å². The first-order valence-electron chi connectivity index (χ1n) is 5.94. The Labute approximate surface area is 102 Å². The van der Waals surface area contributed by atoms with Gasteiger partial charge in [-0.05, 0) is 43.5 Å². The summed E-state index contributed by atoms with van der Waals surface area (Å²) in [6, 6.07) is 7.29. The van der Waals surface area contributed by atoms with Crippen LogP contribution in [0.1, 0.15) is 35.2 Å². The molecular formula is C13H20N2O2. The number of amides is 1. The van der Waals surface area contributed by atoms with E-state index < -0.39 is 5.91 Å². The highest BCUT2D eigenvalue weighted by molar-refractivity contribution is 5.92. The molecule has 4 N–H and O–H groups in total. The molecule has 0 spiro atoms. The van der Waals surface area contributed by atoms with E-state index in [1.807, 2.05) is 12.1 Å². The molecule has 0 aromatic heterocycles. The molecule has 0 saturated heterocycles. The van der Waals surface area contributed by atoms with Gasteiger partial charge in [-0.2, -0.15) is 0 Å². The first-order valence-corrected chi connectivity index (χ1v) is 5.94. The maximum absolute atomic E-state index is 10.9. The van der Waals surface area contributed by atoms with E-state index in [1.165, 1.54) is 0 Å². The number of rotatable bonds is 8. The summed E-state index contributed by atoms with van der Waals surface area (Å²) in [5, 5.41) is 11.9. The van der Waals surface area contributed by atoms with E-state index in [2.05, 4.69) is 5.32 Å². The highest BCUT2D eigenvalue weighted by atomic mass is 16.2. The lowest BCUT2D eigenvalue weighted by Crippen LogP contribution is -2.15. The molecule has 4 heteroatoms. The van der Waals surface area contributed by atoms with Gasteiger partial charge >= 0.3 is 0 Å². The summed E-state index contributed by atoms with van der Waals surface area (Å²) in [6.45, 7) is 2.00. The van der Waals surface area contributed by atoms with E-state index in [0.29, 0.717) is 5.56 Å². The quantitative estimate of drug-likeness (QED) is 0.590. The van der Waals surface area contributed by atoms with Gasteiger partial charge in [-0.15, -0.1) is 0 Å². The Morgan fingerprint density at radius 3 is 2.47 bits per heavy atom. The maximum Gasteiger partial charge on any atom is 0.248 e. The zero-order valence-corrected chi connectivity index (χ0v) is 9.98. The Morgan fingerprint density at radius 2 is 1.88 bits per heavy atom. The normalized spacial score (nSPS) is 10.4. The van der Waals surface area contributed by atoms with Gasteiger partial charge in [0.05, 0.1) is 0 Å². The van der Waals surface area contributed by atoms with Crippen LogP contribution in [-0.2, 0) is 6.54 Å². The lowest BCUT2D eigenvalue weighted by atomic mass is 10.1. The first-order chi connectivity index (χ1) is 8.24. The topological polar surface area (TPSA) is 75.4 Å². The van der Waals surface area contributed by atoms with Crippen LogP contribution in [0, 0.1) is 0 Å². The minimum Gasteiger partial charge on any atom is -0.396 e. The van der Waals surface area contributed by atoms with Crippen LogP contribution in [-0.4, -0.2) is 24.2 Å². The minimum absolute atomic E-state index is 0.272. The molecule has 1 rings (SSSR count). The van der Waals surface area contributed by atoms with Gasteiger partial charge in [0.1, 0.15) is 0 Å². The van der Waals surface area contributed by atoms with E-state index in [9.17, 15) is 4.79 Å². The fourth-order valence-electron chi connectivity index (χ4n) is 1.56. The van der Waals surface area contributed by atoms with Crippen molar-refractivity contribution in [2.45, 2.75) is 25.8 Å². The van der Waals surface area contributed by atoms with Gasteiger partial charge in [0, 0.05) is 18.7 Å². The molecule has 0 heterocycles. The van der Waals surface area contributed by atoms with Crippen molar-refractivity contribution in [2.75, 3.05) is 13.2 Å². The molecule has 0 aliphatic rings. The van der Waals surface area contributed by atoms with Crippen molar-refractivity contribution in [3.63, 3.8) is 0 Å². The molecule has 0 unspecified atom stereocenters. The van der Waals surface area contributed by atoms with Gasteiger partial charge in [-0.25, -0.2) is 0 Å². The first kappa shape index (κ1) is 13.7. The second-order valence-corrected chi connectivity index (χ2v) is 4.02. The summed E-state index contributed by atoms with van der Waals surface area (Å²) in [5.74, 6) is -0.395. The van der Waals surface area contributed by atoms with Crippen molar-refractivity contribution in [3.05, 3.63) is 35.4 Å². The van der Waals surface area contributed by atoms with E-state index in [0.717, 1.165) is 37.9 Å². The number of benzene rings is 1. The van der Waals surface area contributed by atoms with Crippen LogP contribution in [0.15, 0.2) is 24.3 Å². The van der Waals surface area contributed by atoms with Gasteiger partial charge in [-0.1, -0.05) is 12.1 Å². The van der Waals surface area contributed by atoms with Crippen LogP contribution >= 0.6 is 0 Å². The van der Waals surface area contributed by atoms with Crippen molar-refractivity contribution in [1.82, 2.24) is 5.32 Å². The SMILES string of the molecule is NC(=O)c1ccc(CNCCCCCO)cc1. The zero-order chi connectivity index (χ0) is 12.5. The Morgan fingerprint density at radius 1 is 1.18 bits per heavy atom. The average molecular weight is 236 g/mol. The second-order valence-electron chi connectivity index (χ2n) is 4.02. The summed E-state index contributed by atoms with van der Waals surface area (Å²) in [6.07, 6.45) is 2.99. The van der Waals surface area contributed by atoms with E-state index in [4.69, 9.17) is 10.8 Å². The second kappa shape index (κ2) is 7.81. The maximum atomic E-state index is 10.9. The minimum atomic E-state index is -0.395. The molecule has 0 aliphatic carbocycles. The summed E-state index contributed by atoms with van der Waals surface area (Å²) < 4.78 is 0. The van der Waals surface area contributed by atoms with Gasteiger partial charge in [0.2, 0.25) is 5.91 Å². The molecular weight excluding hydrogens is 216 g/mol. The number of aliphatic hydroxyl groups excluding tert-OH is 1. The van der Waals surface area contributed by atoms with Crippen molar-refractivity contribution < 1.29 is 9.90 Å². The van der Waals surface area contributed by atoms with Crippen LogP contribution in [0.25, 0.3) is 0 Å². The lowest BCUT2D eigenvalue weighted by Gasteiger charge is -2.05. The van der Waals surface area contributed by atoms with E-state index in [1.54, 1.807) is 12.1 Å². The molecule has 0 atom stereocenters. The van der Waals surface area contributed by atoms with Crippen molar-refractivity contribution >= 4 is 5.91 Å². The summed E-state index contributed by atoms with van der Waals surface area (Å²) >= 11 is 0. The largest absolute Gasteiger partial charge is 0.396 e. The standard InChI is InChI=1S/C13H20N2O2/c14-13(17)12-6-4-11(5-7-12)10-15-8-2-1-3-9-16/h4-7,15-16H,1-3,8-10H2,(H2,14,17). The molecule has 94 valence electrons. The van der Waals surface area contributed by atoms with E-state index in [-0.39, 0.29) is 6.61 Å². The predicted molar refractivity (Wildman–Crippen MR) is 67.6 cm³/mol. The van der Waals surface area contributed by atoms with Crippen LogP contribution in [0.5, 0.6) is 0 Å². The molecule has 1 aromatic carbocycles. The van der Waals surface area contributed by atoms with Crippen molar-refractivity contribution in [2.24, 2.45) is 5.73 Å². The highest BCUT2D eigenvalue weighted by Crippen LogP contribution is 2.03. The third-order valence-corrected chi connectivity index (χ3v) is 2.58. The number of hydrogen-bond acceptors (Lipinski definition) is 3. The average Bonchev–Trinajstić information content (AvgIpc) is 2.34. The molecule has 0 saturated carbocycles. The Kier molecular flexibility index (Phi) is 6.29. The predicted octanol–water partition coefficient (Wildman–Crippen LogP) is 1.04. The van der Waals surface area contributed by atoms with Gasteiger partial charge < -0.3 is 16.2 Å². The lowest BCUT2D eigenvalue weighted by molar-refractivity contribution is 0.100. The fraction of sp³-hybridized carbons (Fsp3) is 0.462. The smallest absolute Gasteiger partial charge is 0.248 e. The summed E-state index contributed by atoms with van der Waals surface area (Å²) in [7, 11) is 0. The van der Waals surface area contributed by atoms with Crippen LogP contribution in [0.4, 0.5) is 0 Å². The fourth-order valence-corrected chi connectivity index (χ4v) is 1.56. The molecule has 0 radical (unpaired) electrons. The number of aliphatic hydroxyl groups is 1. The Hall–Kier alpha value is -1.39. The number of carbonyl (C=O) groups is 1. The molecule has 17 heavy (non-hydrogen) atoms. The van der Waals surface area contributed by atoms with Crippen molar-refractivity contribution in [1.29, 1.82) is 0 Å². The molecule has 1 aromatic rings. The molecule has 0 bridgehead atoms. The van der Waals surface area contributed by atoms with Crippen LogP contribution < -0.4 is 11.1 Å². The molecule has 0 fully saturated rings. The van der Waals surface area contributed by atoms with Gasteiger partial charge in [0.25, 0.3) is 0 Å². The third-order valence-electron chi connectivity index (χ3n) is 2.58. The summed E-state index contributed by atoms with van der Waals surface area (Å²) in [4.78, 5) is 10.9. The number of unbranched alkanes of at least 4 members (excludes halogenated alkanes) is 2. The number of primary amides is 1. The molecule has 1 amide bonds. The number of nitrogens with two attached hydrogens (primary N) is 1. The van der Waals surface area contributed by atoms with Crippen LogP contribution in [0.3, 0.4) is 0 Å². The Bertz CT molecular complexity index is 336. The van der Waals surface area contributed by atoms with Gasteiger partial charge in [-0.3, -0.25) is 4.79 Å². The van der Waals surface area contributed by atoms with Crippen LogP contribution in [0.2, 0.25) is 0 Å². The molecule has 4 nitrogen and oxygen atoms in total. The highest BCUT2D eigenvalue weighted by Gasteiger charge is 1.99. The Balaban J connectivity index is 2.21. The number of carbonyl (C=O) groups excluding carboxylic acids is 1. The summed E-state index contributed by atoms with van der Waals surface area (Å²) in [5.41, 5.74) is 6.83. The van der Waals surface area contributed by atoms with Gasteiger partial charge in [0.15, 0.2) is 0 Å².